The Hall–Kier alpha value is -1.23. The van der Waals surface area contributed by atoms with Crippen LogP contribution < -0.4 is 5.32 Å². The third kappa shape index (κ3) is 5.40. The average Bonchev–Trinajstić information content (AvgIpc) is 2.29. The lowest BCUT2D eigenvalue weighted by Gasteiger charge is -2.11. The van der Waals surface area contributed by atoms with Crippen LogP contribution in [0, 0.1) is 0 Å². The highest BCUT2D eigenvalue weighted by Gasteiger charge is 2.33. The zero-order chi connectivity index (χ0) is 14.3. The maximum absolute atomic E-state index is 12.5. The number of alkyl halides is 3. The molecule has 0 atom stereocenters. The van der Waals surface area contributed by atoms with Gasteiger partial charge in [0.2, 0.25) is 5.91 Å². The fourth-order valence-corrected chi connectivity index (χ4v) is 1.35. The Morgan fingerprint density at radius 1 is 1.33 bits per heavy atom. The molecule has 0 unspecified atom stereocenters. The van der Waals surface area contributed by atoms with Crippen LogP contribution in [0.5, 0.6) is 0 Å². The van der Waals surface area contributed by atoms with E-state index in [4.69, 9.17) is 11.6 Å². The SMILES string of the molecule is CC.CC(=O)NCc1ccc(Cl)c(C(F)(F)F)c1. The van der Waals surface area contributed by atoms with Crippen LogP contribution in [0.15, 0.2) is 18.2 Å². The molecular weight excluding hydrogens is 267 g/mol. The fraction of sp³-hybridized carbons (Fsp3) is 0.417. The zero-order valence-corrected chi connectivity index (χ0v) is 11.1. The molecular formula is C12H15ClF3NO. The van der Waals surface area contributed by atoms with Crippen molar-refractivity contribution in [2.24, 2.45) is 0 Å². The number of hydrogen-bond donors (Lipinski definition) is 1. The highest BCUT2D eigenvalue weighted by molar-refractivity contribution is 6.31. The first-order valence-electron chi connectivity index (χ1n) is 5.41. The largest absolute Gasteiger partial charge is 0.417 e. The Kier molecular flexibility index (Phi) is 6.76. The summed E-state index contributed by atoms with van der Waals surface area (Å²) < 4.78 is 37.4. The summed E-state index contributed by atoms with van der Waals surface area (Å²) in [6, 6.07) is 3.54. The van der Waals surface area contributed by atoms with Crippen LogP contribution in [0.1, 0.15) is 31.9 Å². The number of amides is 1. The van der Waals surface area contributed by atoms with E-state index in [-0.39, 0.29) is 17.5 Å². The molecule has 0 spiro atoms. The Morgan fingerprint density at radius 2 is 1.89 bits per heavy atom. The van der Waals surface area contributed by atoms with Gasteiger partial charge in [0, 0.05) is 13.5 Å². The van der Waals surface area contributed by atoms with Crippen LogP contribution in [0.4, 0.5) is 13.2 Å². The van der Waals surface area contributed by atoms with E-state index in [1.807, 2.05) is 13.8 Å². The summed E-state index contributed by atoms with van der Waals surface area (Å²) in [7, 11) is 0. The van der Waals surface area contributed by atoms with E-state index >= 15 is 0 Å². The molecule has 0 aromatic heterocycles. The molecule has 0 bridgehead atoms. The van der Waals surface area contributed by atoms with Crippen molar-refractivity contribution < 1.29 is 18.0 Å². The zero-order valence-electron chi connectivity index (χ0n) is 10.4. The third-order valence-electron chi connectivity index (χ3n) is 1.88. The monoisotopic (exact) mass is 281 g/mol. The number of halogens is 4. The molecule has 1 aromatic carbocycles. The van der Waals surface area contributed by atoms with E-state index < -0.39 is 11.7 Å². The van der Waals surface area contributed by atoms with E-state index in [2.05, 4.69) is 5.32 Å². The number of carbonyl (C=O) groups is 1. The fourth-order valence-electron chi connectivity index (χ4n) is 1.13. The minimum absolute atomic E-state index is 0.0512. The molecule has 0 heterocycles. The minimum Gasteiger partial charge on any atom is -0.352 e. The highest BCUT2D eigenvalue weighted by Crippen LogP contribution is 2.35. The number of hydrogen-bond acceptors (Lipinski definition) is 1. The molecule has 0 radical (unpaired) electrons. The molecule has 0 fully saturated rings. The molecule has 18 heavy (non-hydrogen) atoms. The summed E-state index contributed by atoms with van der Waals surface area (Å²) in [6.45, 7) is 5.34. The van der Waals surface area contributed by atoms with Gasteiger partial charge in [-0.2, -0.15) is 13.2 Å². The van der Waals surface area contributed by atoms with Gasteiger partial charge in [0.15, 0.2) is 0 Å². The van der Waals surface area contributed by atoms with Gasteiger partial charge in [0.05, 0.1) is 10.6 Å². The normalized spacial score (nSPS) is 10.4. The van der Waals surface area contributed by atoms with Crippen molar-refractivity contribution >= 4 is 17.5 Å². The van der Waals surface area contributed by atoms with Crippen LogP contribution in [0.25, 0.3) is 0 Å². The first-order valence-corrected chi connectivity index (χ1v) is 5.78. The van der Waals surface area contributed by atoms with Gasteiger partial charge in [-0.3, -0.25) is 4.79 Å². The molecule has 1 rings (SSSR count). The lowest BCUT2D eigenvalue weighted by Crippen LogP contribution is -2.19. The molecule has 0 saturated heterocycles. The Morgan fingerprint density at radius 3 is 2.33 bits per heavy atom. The second kappa shape index (κ2) is 7.26. The Labute approximate surface area is 109 Å². The van der Waals surface area contributed by atoms with Gasteiger partial charge >= 0.3 is 6.18 Å². The smallest absolute Gasteiger partial charge is 0.352 e. The first-order chi connectivity index (χ1) is 8.30. The summed E-state index contributed by atoms with van der Waals surface area (Å²) in [5, 5.41) is 2.06. The number of benzene rings is 1. The van der Waals surface area contributed by atoms with Crippen molar-refractivity contribution in [3.8, 4) is 0 Å². The summed E-state index contributed by atoms with van der Waals surface area (Å²) in [6.07, 6.45) is -4.48. The van der Waals surface area contributed by atoms with Gasteiger partial charge in [-0.1, -0.05) is 31.5 Å². The lowest BCUT2D eigenvalue weighted by molar-refractivity contribution is -0.137. The summed E-state index contributed by atoms with van der Waals surface area (Å²) in [5.41, 5.74) is -0.538. The van der Waals surface area contributed by atoms with Crippen LogP contribution in [-0.2, 0) is 17.5 Å². The minimum atomic E-state index is -4.48. The quantitative estimate of drug-likeness (QED) is 0.871. The lowest BCUT2D eigenvalue weighted by atomic mass is 10.1. The molecule has 102 valence electrons. The molecule has 0 saturated carbocycles. The van der Waals surface area contributed by atoms with Crippen molar-refractivity contribution in [3.05, 3.63) is 34.3 Å². The van der Waals surface area contributed by atoms with Gasteiger partial charge in [0.1, 0.15) is 0 Å². The van der Waals surface area contributed by atoms with E-state index in [1.54, 1.807) is 0 Å². The molecule has 6 heteroatoms. The number of nitrogens with one attached hydrogen (secondary N) is 1. The topological polar surface area (TPSA) is 29.1 Å². The maximum Gasteiger partial charge on any atom is 0.417 e. The number of rotatable bonds is 2. The van der Waals surface area contributed by atoms with Crippen LogP contribution in [0.2, 0.25) is 5.02 Å². The van der Waals surface area contributed by atoms with Gasteiger partial charge in [0.25, 0.3) is 0 Å². The molecule has 1 N–H and O–H groups in total. The van der Waals surface area contributed by atoms with E-state index in [9.17, 15) is 18.0 Å². The third-order valence-corrected chi connectivity index (χ3v) is 2.21. The molecule has 0 aliphatic rings. The highest BCUT2D eigenvalue weighted by atomic mass is 35.5. The van der Waals surface area contributed by atoms with Crippen molar-refractivity contribution in [1.82, 2.24) is 5.32 Å². The standard InChI is InChI=1S/C10H9ClF3NO.C2H6/c1-6(16)15-5-7-2-3-9(11)8(4-7)10(12,13)14;1-2/h2-4H,5H2,1H3,(H,15,16);1-2H3. The predicted molar refractivity (Wildman–Crippen MR) is 65.3 cm³/mol. The van der Waals surface area contributed by atoms with Crippen molar-refractivity contribution in [1.29, 1.82) is 0 Å². The molecule has 0 aliphatic carbocycles. The van der Waals surface area contributed by atoms with E-state index in [0.717, 1.165) is 6.07 Å². The van der Waals surface area contributed by atoms with Crippen molar-refractivity contribution in [2.75, 3.05) is 0 Å². The molecule has 2 nitrogen and oxygen atoms in total. The van der Waals surface area contributed by atoms with Gasteiger partial charge in [-0.15, -0.1) is 0 Å². The summed E-state index contributed by atoms with van der Waals surface area (Å²) in [4.78, 5) is 10.6. The molecule has 1 aromatic rings. The predicted octanol–water partition coefficient (Wildman–Crippen LogP) is 4.02. The summed E-state index contributed by atoms with van der Waals surface area (Å²) >= 11 is 5.44. The van der Waals surface area contributed by atoms with Gasteiger partial charge < -0.3 is 5.32 Å². The second-order valence-electron chi connectivity index (χ2n) is 3.22. The Bertz CT molecular complexity index is 405. The second-order valence-corrected chi connectivity index (χ2v) is 3.63. The maximum atomic E-state index is 12.5. The van der Waals surface area contributed by atoms with E-state index in [0.29, 0.717) is 5.56 Å². The number of carbonyl (C=O) groups excluding carboxylic acids is 1. The van der Waals surface area contributed by atoms with Crippen molar-refractivity contribution in [2.45, 2.75) is 33.5 Å². The van der Waals surface area contributed by atoms with E-state index in [1.165, 1.54) is 19.1 Å². The van der Waals surface area contributed by atoms with Crippen LogP contribution in [0.3, 0.4) is 0 Å². The summed E-state index contributed by atoms with van der Waals surface area (Å²) in [5.74, 6) is -0.302. The van der Waals surface area contributed by atoms with Gasteiger partial charge in [-0.25, -0.2) is 0 Å². The van der Waals surface area contributed by atoms with Crippen molar-refractivity contribution in [3.63, 3.8) is 0 Å². The first kappa shape index (κ1) is 16.8. The Balaban J connectivity index is 0.00000137. The van der Waals surface area contributed by atoms with Gasteiger partial charge in [-0.05, 0) is 17.7 Å². The molecule has 0 aliphatic heterocycles. The molecule has 1 amide bonds. The van der Waals surface area contributed by atoms with Crippen LogP contribution in [-0.4, -0.2) is 5.91 Å². The average molecular weight is 282 g/mol. The van der Waals surface area contributed by atoms with Crippen LogP contribution >= 0.6 is 11.6 Å².